The monoisotopic (exact) mass is 399 g/mol. The first-order valence-corrected chi connectivity index (χ1v) is 9.61. The molecule has 0 spiro atoms. The van der Waals surface area contributed by atoms with E-state index < -0.39 is 28.6 Å². The maximum atomic E-state index is 12.1. The molecule has 0 aliphatic heterocycles. The first kappa shape index (κ1) is 20.6. The molecule has 0 unspecified atom stereocenters. The summed E-state index contributed by atoms with van der Waals surface area (Å²) >= 11 is 0. The smallest absolute Gasteiger partial charge is 0.342 e. The van der Waals surface area contributed by atoms with Gasteiger partial charge in [-0.25, -0.2) is 9.59 Å². The minimum absolute atomic E-state index is 0.182. The summed E-state index contributed by atoms with van der Waals surface area (Å²) in [5.74, 6) is -3.29. The Hall–Kier alpha value is -3.13. The topological polar surface area (TPSA) is 137 Å². The molecule has 8 nitrogen and oxygen atoms in total. The van der Waals surface area contributed by atoms with Crippen LogP contribution in [-0.2, 0) is 6.54 Å². The van der Waals surface area contributed by atoms with Crippen LogP contribution in [-0.4, -0.2) is 45.1 Å². The largest absolute Gasteiger partial charge is 0.478 e. The van der Waals surface area contributed by atoms with Gasteiger partial charge in [0.1, 0.15) is 16.9 Å². The van der Waals surface area contributed by atoms with Crippen LogP contribution < -0.4 is 11.3 Å². The fourth-order valence-corrected chi connectivity index (χ4v) is 4.05. The van der Waals surface area contributed by atoms with E-state index in [-0.39, 0.29) is 11.4 Å². The van der Waals surface area contributed by atoms with Crippen LogP contribution in [0.2, 0.25) is 0 Å². The lowest BCUT2D eigenvalue weighted by Crippen LogP contribution is -2.32. The molecule has 0 amide bonds. The Morgan fingerprint density at radius 3 is 2.21 bits per heavy atom. The third kappa shape index (κ3) is 4.32. The van der Waals surface area contributed by atoms with E-state index in [2.05, 4.69) is 16.9 Å². The third-order valence-corrected chi connectivity index (χ3v) is 5.54. The standard InChI is InChI=1S/C21H25N3O5/c1-24(14-5-3-2-4-6-14)11-12-7-9-13(10-8-12)15-16(20(26)27)18(22)23-19(25)17(15)21(28)29/h7-10,14H,2-6,11H2,1H3,(H,26,27)(H,28,29)(H3,22,23,25). The number of rotatable bonds is 6. The van der Waals surface area contributed by atoms with Crippen molar-refractivity contribution in [1.82, 2.24) is 9.88 Å². The number of nitrogen functional groups attached to an aromatic ring is 1. The van der Waals surface area contributed by atoms with Crippen molar-refractivity contribution in [2.45, 2.75) is 44.7 Å². The van der Waals surface area contributed by atoms with Crippen molar-refractivity contribution in [2.24, 2.45) is 0 Å². The zero-order chi connectivity index (χ0) is 21.1. The van der Waals surface area contributed by atoms with Crippen molar-refractivity contribution in [3.63, 3.8) is 0 Å². The number of aromatic nitrogens is 1. The Morgan fingerprint density at radius 2 is 1.66 bits per heavy atom. The lowest BCUT2D eigenvalue weighted by molar-refractivity contribution is 0.0695. The number of hydrogen-bond acceptors (Lipinski definition) is 5. The summed E-state index contributed by atoms with van der Waals surface area (Å²) in [6, 6.07) is 7.47. The molecular formula is C21H25N3O5. The number of hydrogen-bond donors (Lipinski definition) is 4. The van der Waals surface area contributed by atoms with E-state index in [9.17, 15) is 24.6 Å². The number of nitrogens with one attached hydrogen (secondary N) is 1. The van der Waals surface area contributed by atoms with E-state index in [0.717, 1.165) is 12.1 Å². The molecule has 1 aliphatic carbocycles. The van der Waals surface area contributed by atoms with E-state index in [1.54, 1.807) is 12.1 Å². The van der Waals surface area contributed by atoms with Gasteiger partial charge in [-0.2, -0.15) is 0 Å². The average molecular weight is 399 g/mol. The van der Waals surface area contributed by atoms with Gasteiger partial charge in [0.05, 0.1) is 0 Å². The number of aromatic carboxylic acids is 2. The number of aromatic amines is 1. The Kier molecular flexibility index (Phi) is 6.03. The highest BCUT2D eigenvalue weighted by molar-refractivity contribution is 6.07. The lowest BCUT2D eigenvalue weighted by atomic mass is 9.93. The molecule has 0 atom stereocenters. The van der Waals surface area contributed by atoms with Gasteiger partial charge in [-0.15, -0.1) is 0 Å². The lowest BCUT2D eigenvalue weighted by Gasteiger charge is -2.31. The predicted molar refractivity (Wildman–Crippen MR) is 109 cm³/mol. The third-order valence-electron chi connectivity index (χ3n) is 5.54. The molecule has 1 aromatic carbocycles. The second-order valence-electron chi connectivity index (χ2n) is 7.51. The summed E-state index contributed by atoms with van der Waals surface area (Å²) in [6.07, 6.45) is 6.15. The van der Waals surface area contributed by atoms with Gasteiger partial charge in [0.2, 0.25) is 0 Å². The van der Waals surface area contributed by atoms with Crippen molar-refractivity contribution in [1.29, 1.82) is 0 Å². The zero-order valence-electron chi connectivity index (χ0n) is 16.3. The fourth-order valence-electron chi connectivity index (χ4n) is 4.05. The van der Waals surface area contributed by atoms with Crippen LogP contribution in [0.3, 0.4) is 0 Å². The van der Waals surface area contributed by atoms with Crippen molar-refractivity contribution in [2.75, 3.05) is 12.8 Å². The molecule has 8 heteroatoms. The van der Waals surface area contributed by atoms with E-state index in [4.69, 9.17) is 5.73 Å². The van der Waals surface area contributed by atoms with E-state index >= 15 is 0 Å². The average Bonchev–Trinajstić information content (AvgIpc) is 2.68. The number of pyridine rings is 1. The molecule has 3 rings (SSSR count). The number of nitrogens with zero attached hydrogens (tertiary/aromatic N) is 1. The number of carboxylic acids is 2. The van der Waals surface area contributed by atoms with Crippen LogP contribution in [0.1, 0.15) is 58.4 Å². The molecule has 154 valence electrons. The maximum absolute atomic E-state index is 12.1. The van der Waals surface area contributed by atoms with E-state index in [0.29, 0.717) is 11.6 Å². The minimum atomic E-state index is -1.51. The van der Waals surface area contributed by atoms with Gasteiger partial charge < -0.3 is 20.9 Å². The molecular weight excluding hydrogens is 374 g/mol. The molecule has 0 saturated heterocycles. The maximum Gasteiger partial charge on any atom is 0.342 e. The van der Waals surface area contributed by atoms with Crippen LogP contribution in [0, 0.1) is 0 Å². The number of anilines is 1. The van der Waals surface area contributed by atoms with Crippen LogP contribution >= 0.6 is 0 Å². The Balaban J connectivity index is 1.96. The highest BCUT2D eigenvalue weighted by Gasteiger charge is 2.26. The van der Waals surface area contributed by atoms with Gasteiger partial charge in [-0.05, 0) is 31.0 Å². The quantitative estimate of drug-likeness (QED) is 0.586. The van der Waals surface area contributed by atoms with Gasteiger partial charge in [0.25, 0.3) is 5.56 Å². The van der Waals surface area contributed by atoms with Crippen LogP contribution in [0.5, 0.6) is 0 Å². The number of nitrogens with two attached hydrogens (primary N) is 1. The predicted octanol–water partition coefficient (Wildman–Crippen LogP) is 2.79. The molecule has 1 saturated carbocycles. The van der Waals surface area contributed by atoms with Crippen LogP contribution in [0.25, 0.3) is 11.1 Å². The molecule has 29 heavy (non-hydrogen) atoms. The van der Waals surface area contributed by atoms with Gasteiger partial charge in [0.15, 0.2) is 0 Å². The summed E-state index contributed by atoms with van der Waals surface area (Å²) < 4.78 is 0. The van der Waals surface area contributed by atoms with Crippen molar-refractivity contribution < 1.29 is 19.8 Å². The van der Waals surface area contributed by atoms with Crippen LogP contribution in [0.4, 0.5) is 5.82 Å². The molecule has 1 aromatic heterocycles. The summed E-state index contributed by atoms with van der Waals surface area (Å²) in [7, 11) is 2.09. The Bertz CT molecular complexity index is 975. The van der Waals surface area contributed by atoms with Crippen molar-refractivity contribution >= 4 is 17.8 Å². The normalized spacial score (nSPS) is 14.8. The number of carbonyl (C=O) groups is 2. The number of benzene rings is 1. The van der Waals surface area contributed by atoms with Gasteiger partial charge in [-0.3, -0.25) is 9.69 Å². The first-order chi connectivity index (χ1) is 13.8. The second kappa shape index (κ2) is 8.48. The van der Waals surface area contributed by atoms with Crippen molar-refractivity contribution in [3.05, 3.63) is 51.3 Å². The molecule has 2 aromatic rings. The molecule has 1 fully saturated rings. The highest BCUT2D eigenvalue weighted by atomic mass is 16.4. The molecule has 1 aliphatic rings. The summed E-state index contributed by atoms with van der Waals surface area (Å²) in [5, 5.41) is 19.0. The first-order valence-electron chi connectivity index (χ1n) is 9.61. The van der Waals surface area contributed by atoms with Gasteiger partial charge in [0, 0.05) is 18.2 Å². The highest BCUT2D eigenvalue weighted by Crippen LogP contribution is 2.30. The number of H-pyrrole nitrogens is 1. The Labute approximate surface area is 168 Å². The molecule has 1 heterocycles. The summed E-state index contributed by atoms with van der Waals surface area (Å²) in [6.45, 7) is 0.736. The van der Waals surface area contributed by atoms with Crippen molar-refractivity contribution in [3.8, 4) is 11.1 Å². The fraction of sp³-hybridized carbons (Fsp3) is 0.381. The molecule has 0 bridgehead atoms. The molecule has 0 radical (unpaired) electrons. The minimum Gasteiger partial charge on any atom is -0.478 e. The Morgan fingerprint density at radius 1 is 1.07 bits per heavy atom. The second-order valence-corrected chi connectivity index (χ2v) is 7.51. The number of carboxylic acid groups (broad SMARTS) is 2. The van der Waals surface area contributed by atoms with Gasteiger partial charge in [-0.1, -0.05) is 43.5 Å². The molecule has 5 N–H and O–H groups in total. The summed E-state index contributed by atoms with van der Waals surface area (Å²) in [4.78, 5) is 39.9. The SMILES string of the molecule is CN(Cc1ccc(-c2c(C(=O)O)c(N)[nH]c(=O)c2C(=O)O)cc1)C1CCCCC1. The van der Waals surface area contributed by atoms with E-state index in [1.807, 2.05) is 12.1 Å². The van der Waals surface area contributed by atoms with Gasteiger partial charge >= 0.3 is 11.9 Å². The van der Waals surface area contributed by atoms with E-state index in [1.165, 1.54) is 32.1 Å². The zero-order valence-corrected chi connectivity index (χ0v) is 16.3. The van der Waals surface area contributed by atoms with Crippen LogP contribution in [0.15, 0.2) is 29.1 Å². The summed E-state index contributed by atoms with van der Waals surface area (Å²) in [5.41, 5.74) is 4.84.